The number of methoxy groups -OCH3 is 1. The topological polar surface area (TPSA) is 51.0 Å². The van der Waals surface area contributed by atoms with Gasteiger partial charge in [0.2, 0.25) is 5.91 Å². The molecule has 28 heavy (non-hydrogen) atoms. The molecule has 0 radical (unpaired) electrons. The highest BCUT2D eigenvalue weighted by Gasteiger charge is 2.46. The Morgan fingerprint density at radius 3 is 2.32 bits per heavy atom. The normalized spacial score (nSPS) is 25.2. The average molecular weight is 379 g/mol. The van der Waals surface area contributed by atoms with E-state index in [9.17, 15) is 9.59 Å². The highest BCUT2D eigenvalue weighted by Crippen LogP contribution is 2.25. The van der Waals surface area contributed by atoms with Gasteiger partial charge in [-0.25, -0.2) is 4.90 Å². The van der Waals surface area contributed by atoms with Crippen molar-refractivity contribution in [2.45, 2.75) is 31.7 Å². The summed E-state index contributed by atoms with van der Waals surface area (Å²) >= 11 is 0. The molecule has 146 valence electrons. The van der Waals surface area contributed by atoms with E-state index in [-0.39, 0.29) is 17.9 Å². The molecule has 5 nitrogen and oxygen atoms in total. The molecule has 5 heteroatoms. The van der Waals surface area contributed by atoms with Gasteiger partial charge in [-0.15, -0.1) is 0 Å². The Hall–Kier alpha value is -2.66. The van der Waals surface area contributed by atoms with Gasteiger partial charge in [0, 0.05) is 0 Å². The highest BCUT2D eigenvalue weighted by atomic mass is 16.5. The van der Waals surface area contributed by atoms with Crippen LogP contribution in [0.4, 0.5) is 5.69 Å². The number of anilines is 1. The molecule has 4 rings (SSSR count). The zero-order valence-electron chi connectivity index (χ0n) is 16.3. The van der Waals surface area contributed by atoms with Crippen LogP contribution in [0.5, 0.6) is 5.75 Å². The Morgan fingerprint density at radius 2 is 1.68 bits per heavy atom. The first-order valence-electron chi connectivity index (χ1n) is 10.0. The molecule has 1 unspecified atom stereocenters. The third-order valence-corrected chi connectivity index (χ3v) is 6.08. The Kier molecular flexibility index (Phi) is 5.44. The summed E-state index contributed by atoms with van der Waals surface area (Å²) in [5.41, 5.74) is 2.02. The molecule has 0 bridgehead atoms. The molecular formula is C23H27N2O3+. The van der Waals surface area contributed by atoms with Crippen molar-refractivity contribution in [3.8, 4) is 5.75 Å². The maximum atomic E-state index is 13.0. The summed E-state index contributed by atoms with van der Waals surface area (Å²) in [7, 11) is 1.60. The lowest BCUT2D eigenvalue weighted by Crippen LogP contribution is -3.17. The summed E-state index contributed by atoms with van der Waals surface area (Å²) < 4.78 is 5.16. The van der Waals surface area contributed by atoms with E-state index in [2.05, 4.69) is 24.3 Å². The van der Waals surface area contributed by atoms with E-state index in [0.29, 0.717) is 23.8 Å². The van der Waals surface area contributed by atoms with E-state index in [0.717, 1.165) is 32.4 Å². The highest BCUT2D eigenvalue weighted by molar-refractivity contribution is 6.21. The van der Waals surface area contributed by atoms with E-state index in [1.165, 1.54) is 15.4 Å². The van der Waals surface area contributed by atoms with Gasteiger partial charge in [-0.1, -0.05) is 30.3 Å². The van der Waals surface area contributed by atoms with Crippen molar-refractivity contribution in [3.63, 3.8) is 0 Å². The van der Waals surface area contributed by atoms with E-state index >= 15 is 0 Å². The number of hydrogen-bond donors (Lipinski definition) is 1. The number of amides is 2. The van der Waals surface area contributed by atoms with Crippen molar-refractivity contribution in [3.05, 3.63) is 60.2 Å². The quantitative estimate of drug-likeness (QED) is 0.807. The van der Waals surface area contributed by atoms with Crippen molar-refractivity contribution < 1.29 is 19.2 Å². The van der Waals surface area contributed by atoms with Crippen LogP contribution in [0.1, 0.15) is 24.8 Å². The molecule has 2 aliphatic heterocycles. The number of nitrogens with zero attached hydrogens (tertiary/aromatic N) is 1. The second kappa shape index (κ2) is 8.15. The predicted molar refractivity (Wildman–Crippen MR) is 107 cm³/mol. The van der Waals surface area contributed by atoms with Crippen molar-refractivity contribution in [1.29, 1.82) is 0 Å². The Labute approximate surface area is 165 Å². The van der Waals surface area contributed by atoms with Crippen LogP contribution in [0.3, 0.4) is 0 Å². The van der Waals surface area contributed by atoms with Crippen LogP contribution in [0.15, 0.2) is 54.6 Å². The lowest BCUT2D eigenvalue weighted by atomic mass is 9.89. The first kappa shape index (κ1) is 18.7. The summed E-state index contributed by atoms with van der Waals surface area (Å²) in [6.45, 7) is 1.91. The minimum Gasteiger partial charge on any atom is -0.497 e. The van der Waals surface area contributed by atoms with Gasteiger partial charge in [-0.3, -0.25) is 9.59 Å². The number of nitrogens with one attached hydrogen (secondary N) is 1. The van der Waals surface area contributed by atoms with E-state index in [1.54, 1.807) is 31.4 Å². The van der Waals surface area contributed by atoms with Gasteiger partial charge in [0.25, 0.3) is 5.91 Å². The maximum absolute atomic E-state index is 13.0. The first-order chi connectivity index (χ1) is 13.7. The third-order valence-electron chi connectivity index (χ3n) is 6.08. The summed E-state index contributed by atoms with van der Waals surface area (Å²) in [6, 6.07) is 17.5. The number of likely N-dealkylation sites (tertiary alicyclic amines) is 1. The van der Waals surface area contributed by atoms with E-state index < -0.39 is 0 Å². The second-order valence-corrected chi connectivity index (χ2v) is 7.81. The monoisotopic (exact) mass is 379 g/mol. The van der Waals surface area contributed by atoms with Gasteiger partial charge >= 0.3 is 0 Å². The number of imide groups is 1. The lowest BCUT2D eigenvalue weighted by Gasteiger charge is -2.32. The number of hydrogen-bond acceptors (Lipinski definition) is 3. The molecule has 2 aromatic rings. The fraction of sp³-hybridized carbons (Fsp3) is 0.391. The fourth-order valence-electron chi connectivity index (χ4n) is 4.50. The summed E-state index contributed by atoms with van der Waals surface area (Å²) in [5, 5.41) is 0. The number of rotatable bonds is 5. The van der Waals surface area contributed by atoms with E-state index in [1.807, 2.05) is 6.07 Å². The largest absolute Gasteiger partial charge is 0.497 e. The number of carbonyl (C=O) groups is 2. The van der Waals surface area contributed by atoms with Gasteiger partial charge in [-0.2, -0.15) is 0 Å². The molecule has 2 aromatic carbocycles. The van der Waals surface area contributed by atoms with Crippen LogP contribution in [0.2, 0.25) is 0 Å². The standard InChI is InChI=1S/C23H26N2O3/c1-28-20-9-7-19(8-10-20)25-22(26)16-21(23(25)27)24-13-11-18(12-14-24)15-17-5-3-2-4-6-17/h2-10,18,21H,11-16H2,1H3/p+1. The molecule has 1 atom stereocenters. The zero-order valence-corrected chi connectivity index (χ0v) is 16.3. The van der Waals surface area contributed by atoms with Crippen molar-refractivity contribution in [1.82, 2.24) is 0 Å². The number of ether oxygens (including phenoxy) is 1. The minimum absolute atomic E-state index is 0.0633. The van der Waals surface area contributed by atoms with Crippen molar-refractivity contribution in [2.24, 2.45) is 5.92 Å². The first-order valence-corrected chi connectivity index (χ1v) is 10.0. The maximum Gasteiger partial charge on any atom is 0.292 e. The molecule has 0 aromatic heterocycles. The van der Waals surface area contributed by atoms with Crippen molar-refractivity contribution in [2.75, 3.05) is 25.1 Å². The average Bonchev–Trinajstić information content (AvgIpc) is 3.03. The second-order valence-electron chi connectivity index (χ2n) is 7.81. The molecule has 0 aliphatic carbocycles. The van der Waals surface area contributed by atoms with Gasteiger partial charge < -0.3 is 9.64 Å². The molecule has 0 saturated carbocycles. The minimum atomic E-state index is -0.243. The van der Waals surface area contributed by atoms with Crippen LogP contribution in [-0.2, 0) is 16.0 Å². The summed E-state index contributed by atoms with van der Waals surface area (Å²) in [6.07, 6.45) is 3.61. The van der Waals surface area contributed by atoms with Crippen LogP contribution >= 0.6 is 0 Å². The summed E-state index contributed by atoms with van der Waals surface area (Å²) in [5.74, 6) is 1.22. The van der Waals surface area contributed by atoms with Crippen LogP contribution in [0, 0.1) is 5.92 Å². The molecule has 2 heterocycles. The fourth-order valence-corrected chi connectivity index (χ4v) is 4.50. The number of benzene rings is 2. The molecule has 2 amide bonds. The number of piperidine rings is 1. The van der Waals surface area contributed by atoms with E-state index in [4.69, 9.17) is 4.74 Å². The van der Waals surface area contributed by atoms with Crippen LogP contribution in [-0.4, -0.2) is 38.1 Å². The predicted octanol–water partition coefficient (Wildman–Crippen LogP) is 1.86. The Morgan fingerprint density at radius 1 is 1.00 bits per heavy atom. The zero-order chi connectivity index (χ0) is 19.5. The molecule has 2 fully saturated rings. The lowest BCUT2D eigenvalue weighted by molar-refractivity contribution is -0.920. The van der Waals surface area contributed by atoms with Crippen LogP contribution < -0.4 is 14.5 Å². The van der Waals surface area contributed by atoms with Gasteiger partial charge in [-0.05, 0) is 55.0 Å². The van der Waals surface area contributed by atoms with Gasteiger partial charge in [0.1, 0.15) is 5.75 Å². The number of quaternary nitrogens is 1. The Balaban J connectivity index is 1.37. The van der Waals surface area contributed by atoms with Crippen molar-refractivity contribution >= 4 is 17.5 Å². The van der Waals surface area contributed by atoms with Crippen LogP contribution in [0.25, 0.3) is 0 Å². The smallest absolute Gasteiger partial charge is 0.292 e. The van der Waals surface area contributed by atoms with Gasteiger partial charge in [0.15, 0.2) is 6.04 Å². The SMILES string of the molecule is COc1ccc(N2C(=O)CC([NH+]3CCC(Cc4ccccc4)CC3)C2=O)cc1. The molecule has 2 aliphatic rings. The molecule has 2 saturated heterocycles. The summed E-state index contributed by atoms with van der Waals surface area (Å²) in [4.78, 5) is 28.2. The molecular weight excluding hydrogens is 352 g/mol. The Bertz CT molecular complexity index is 827. The third kappa shape index (κ3) is 3.80. The number of carbonyl (C=O) groups excluding carboxylic acids is 2. The molecule has 1 N–H and O–H groups in total. The van der Waals surface area contributed by atoms with Gasteiger partial charge in [0.05, 0.1) is 32.3 Å². The molecule has 0 spiro atoms.